The van der Waals surface area contributed by atoms with Crippen molar-refractivity contribution in [1.29, 1.82) is 0 Å². The second kappa shape index (κ2) is 11.0. The van der Waals surface area contributed by atoms with E-state index < -0.39 is 36.1 Å². The molecule has 0 bridgehead atoms. The highest BCUT2D eigenvalue weighted by Gasteiger charge is 2.39. The van der Waals surface area contributed by atoms with E-state index >= 15 is 0 Å². The molecule has 0 aliphatic carbocycles. The van der Waals surface area contributed by atoms with Gasteiger partial charge in [0.25, 0.3) is 0 Å². The van der Waals surface area contributed by atoms with Crippen LogP contribution in [0.4, 0.5) is 32.2 Å². The van der Waals surface area contributed by atoms with Gasteiger partial charge < -0.3 is 15.5 Å². The maximum absolute atomic E-state index is 13.4. The Morgan fingerprint density at radius 2 is 1.73 bits per heavy atom. The molecule has 1 aliphatic rings. The van der Waals surface area contributed by atoms with Crippen molar-refractivity contribution in [3.05, 3.63) is 51.4 Å². The summed E-state index contributed by atoms with van der Waals surface area (Å²) in [5.41, 5.74) is 3.03. The van der Waals surface area contributed by atoms with Gasteiger partial charge in [0.05, 0.1) is 23.4 Å². The van der Waals surface area contributed by atoms with Gasteiger partial charge in [0.15, 0.2) is 5.82 Å². The molecule has 0 radical (unpaired) electrons. The first-order valence-electron chi connectivity index (χ1n) is 10.9. The van der Waals surface area contributed by atoms with Crippen molar-refractivity contribution in [1.82, 2.24) is 20.0 Å². The van der Waals surface area contributed by atoms with E-state index in [9.17, 15) is 26.3 Å². The molecule has 1 aromatic heterocycles. The summed E-state index contributed by atoms with van der Waals surface area (Å²) in [6.07, 6.45) is -7.59. The van der Waals surface area contributed by atoms with E-state index in [4.69, 9.17) is 34.8 Å². The summed E-state index contributed by atoms with van der Waals surface area (Å²) in [6, 6.07) is 0.748. The summed E-state index contributed by atoms with van der Waals surface area (Å²) in [5.74, 6) is 5.73. The minimum absolute atomic E-state index is 0.0379. The van der Waals surface area contributed by atoms with E-state index in [2.05, 4.69) is 15.1 Å². The van der Waals surface area contributed by atoms with Gasteiger partial charge in [-0.2, -0.15) is 31.3 Å². The first-order valence-corrected chi connectivity index (χ1v) is 11.7. The molecule has 0 saturated carbocycles. The predicted octanol–water partition coefficient (Wildman–Crippen LogP) is 4.72. The topological polar surface area (TPSA) is 99.9 Å². The van der Waals surface area contributed by atoms with Crippen molar-refractivity contribution in [3.8, 4) is 0 Å². The summed E-state index contributed by atoms with van der Waals surface area (Å²) in [4.78, 5) is 11.3. The molecule has 4 N–H and O–H groups in total. The zero-order chi connectivity index (χ0) is 27.7. The molecule has 16 heteroatoms. The number of hydrogen-bond acceptors (Lipinski definition) is 6. The predicted molar refractivity (Wildman–Crippen MR) is 127 cm³/mol. The van der Waals surface area contributed by atoms with Gasteiger partial charge in [0, 0.05) is 26.2 Å². The summed E-state index contributed by atoms with van der Waals surface area (Å²) in [6.45, 7) is 1.74. The van der Waals surface area contributed by atoms with Gasteiger partial charge in [-0.15, -0.1) is 5.10 Å². The zero-order valence-electron chi connectivity index (χ0n) is 19.7. The molecule has 0 spiro atoms. The van der Waals surface area contributed by atoms with Gasteiger partial charge in [0.2, 0.25) is 11.2 Å². The molecule has 0 amide bonds. The third-order valence-electron chi connectivity index (χ3n) is 5.83. The van der Waals surface area contributed by atoms with Crippen molar-refractivity contribution in [2.24, 2.45) is 16.7 Å². The maximum atomic E-state index is 13.4. The van der Waals surface area contributed by atoms with Gasteiger partial charge in [-0.25, -0.2) is 15.9 Å². The molecule has 2 unspecified atom stereocenters. The van der Waals surface area contributed by atoms with Crippen LogP contribution >= 0.6 is 23.2 Å². The van der Waals surface area contributed by atoms with Crippen LogP contribution in [0.15, 0.2) is 29.5 Å². The lowest BCUT2D eigenvalue weighted by Crippen LogP contribution is -2.47. The van der Waals surface area contributed by atoms with Crippen LogP contribution in [-0.4, -0.2) is 51.6 Å². The first kappa shape index (κ1) is 28.9. The molecule has 1 saturated heterocycles. The van der Waals surface area contributed by atoms with Crippen LogP contribution in [0.25, 0.3) is 0 Å². The number of aromatic nitrogens is 2. The van der Waals surface area contributed by atoms with E-state index in [-0.39, 0.29) is 40.5 Å². The molecule has 2 atom stereocenters. The Morgan fingerprint density at radius 1 is 1.14 bits per heavy atom. The van der Waals surface area contributed by atoms with Crippen LogP contribution in [0.5, 0.6) is 0 Å². The zero-order valence-corrected chi connectivity index (χ0v) is 21.2. The van der Waals surface area contributed by atoms with E-state index in [0.29, 0.717) is 30.8 Å². The highest BCUT2D eigenvalue weighted by atomic mass is 35.5. The molecule has 1 aromatic carbocycles. The summed E-state index contributed by atoms with van der Waals surface area (Å²) < 4.78 is 80.5. The van der Waals surface area contributed by atoms with Crippen molar-refractivity contribution >= 4 is 35.0 Å². The van der Waals surface area contributed by atoms with Gasteiger partial charge in [-0.05, 0) is 48.2 Å². The number of benzene rings is 1. The minimum Gasteiger partial charge on any atom is -0.368 e. The molecule has 37 heavy (non-hydrogen) atoms. The number of rotatable bonds is 6. The van der Waals surface area contributed by atoms with Crippen LogP contribution < -0.4 is 16.5 Å². The average molecular weight is 573 g/mol. The summed E-state index contributed by atoms with van der Waals surface area (Å²) in [7, 11) is 1.37. The second-order valence-corrected chi connectivity index (χ2v) is 9.23. The number of halogens is 8. The lowest BCUT2D eigenvalue weighted by molar-refractivity contribution is -0.143. The Hall–Kier alpha value is -2.71. The fourth-order valence-electron chi connectivity index (χ4n) is 4.23. The van der Waals surface area contributed by atoms with E-state index in [1.165, 1.54) is 18.1 Å². The van der Waals surface area contributed by atoms with E-state index in [1.54, 1.807) is 0 Å². The molecule has 1 fully saturated rings. The van der Waals surface area contributed by atoms with Crippen LogP contribution in [-0.2, 0) is 18.9 Å². The Morgan fingerprint density at radius 3 is 2.24 bits per heavy atom. The van der Waals surface area contributed by atoms with Gasteiger partial charge in [-0.1, -0.05) is 18.5 Å². The monoisotopic (exact) mass is 572 g/mol. The lowest BCUT2D eigenvalue weighted by Gasteiger charge is -2.31. The molecule has 204 valence electrons. The van der Waals surface area contributed by atoms with E-state index in [1.807, 2.05) is 11.8 Å². The van der Waals surface area contributed by atoms with Crippen LogP contribution in [0.3, 0.4) is 0 Å². The van der Waals surface area contributed by atoms with Crippen molar-refractivity contribution in [3.63, 3.8) is 0 Å². The number of hydrazine groups is 1. The number of alkyl halides is 6. The smallest absolute Gasteiger partial charge is 0.368 e. The highest BCUT2D eigenvalue weighted by molar-refractivity contribution is 6.33. The third kappa shape index (κ3) is 6.99. The highest BCUT2D eigenvalue weighted by Crippen LogP contribution is 2.38. The van der Waals surface area contributed by atoms with Crippen molar-refractivity contribution in [2.75, 3.05) is 18.5 Å². The minimum atomic E-state index is -4.99. The molecule has 2 aromatic rings. The van der Waals surface area contributed by atoms with Crippen LogP contribution in [0.1, 0.15) is 36.5 Å². The molecular formula is C21H24Cl2F6N8. The maximum Gasteiger partial charge on any atom is 0.416 e. The Bertz CT molecular complexity index is 1110. The van der Waals surface area contributed by atoms with E-state index in [0.717, 1.165) is 5.12 Å². The van der Waals surface area contributed by atoms with Crippen molar-refractivity contribution in [2.45, 2.75) is 50.7 Å². The Balaban J connectivity index is 2.04. The Kier molecular flexibility index (Phi) is 8.54. The molecule has 8 nitrogen and oxygen atoms in total. The molecule has 2 heterocycles. The number of nitrogens with two attached hydrogens (primary N) is 2. The number of nitrogens with zero attached hydrogens (tertiary/aromatic N) is 6. The van der Waals surface area contributed by atoms with Gasteiger partial charge >= 0.3 is 12.4 Å². The number of hydrogen-bond donors (Lipinski definition) is 2. The largest absolute Gasteiger partial charge is 0.416 e. The fourth-order valence-corrected chi connectivity index (χ4v) is 4.55. The summed E-state index contributed by atoms with van der Waals surface area (Å²) >= 11 is 12.2. The second-order valence-electron chi connectivity index (χ2n) is 8.49. The van der Waals surface area contributed by atoms with Gasteiger partial charge in [-0.3, -0.25) is 0 Å². The summed E-state index contributed by atoms with van der Waals surface area (Å²) in [5, 5.41) is 5.02. The average Bonchev–Trinajstić information content (AvgIpc) is 3.21. The fraction of sp³-hybridized carbons (Fsp3) is 0.476. The Labute approximate surface area is 218 Å². The number of guanidine groups is 1. The molecule has 1 aliphatic heterocycles. The molecular weight excluding hydrogens is 549 g/mol. The number of hydrazone groups is 1. The van der Waals surface area contributed by atoms with Crippen LogP contribution in [0, 0.1) is 0 Å². The third-order valence-corrected chi connectivity index (χ3v) is 6.28. The quantitative estimate of drug-likeness (QED) is 0.129. The normalized spacial score (nSPS) is 18.9. The van der Waals surface area contributed by atoms with Crippen molar-refractivity contribution < 1.29 is 26.3 Å². The number of anilines is 1. The van der Waals surface area contributed by atoms with Gasteiger partial charge in [0.1, 0.15) is 5.02 Å². The first-order chi connectivity index (χ1) is 17.1. The lowest BCUT2D eigenvalue weighted by atomic mass is 10.0. The van der Waals surface area contributed by atoms with Crippen LogP contribution in [0.2, 0.25) is 10.3 Å². The standard InChI is InChI=1S/C21H24Cl2F6N8/c1-3-14-7-15(10-36(14)17-16(22)8-32-18(23)33-17)37(19(30)34-35(2)31)9-11-4-12(20(24,25)26)6-13(5-11)21(27,28)29/h4-6,8,14-15H,3,7,9-10,31H2,1-2H3,(H2,30,34). The SMILES string of the molecule is CCC1CC(N(Cc2cc(C(F)(F)F)cc(C(F)(F)F)c2)/C(N)=N/N(C)N)CN1c1nc(Cl)ncc1Cl. The molecule has 3 rings (SSSR count).